The molecule has 0 aliphatic carbocycles. The van der Waals surface area contributed by atoms with Crippen molar-refractivity contribution in [3.8, 4) is 0 Å². The van der Waals surface area contributed by atoms with Crippen molar-refractivity contribution in [3.05, 3.63) is 0 Å². The van der Waals surface area contributed by atoms with Gasteiger partial charge in [-0.05, 0) is 21.0 Å². The third-order valence-corrected chi connectivity index (χ3v) is 1.22. The van der Waals surface area contributed by atoms with Gasteiger partial charge >= 0.3 is 0 Å². The van der Waals surface area contributed by atoms with Crippen LogP contribution in [0.4, 0.5) is 0 Å². The molecule has 0 aliphatic rings. The highest BCUT2D eigenvalue weighted by Crippen LogP contribution is 1.84. The van der Waals surface area contributed by atoms with Crippen molar-refractivity contribution in [2.75, 3.05) is 20.6 Å². The minimum absolute atomic E-state index is 0. The van der Waals surface area contributed by atoms with E-state index >= 15 is 0 Å². The zero-order chi connectivity index (χ0) is 5.86. The molecule has 0 unspecified atom stereocenters. The highest BCUT2D eigenvalue weighted by Gasteiger charge is 1.97. The zero-order valence-corrected chi connectivity index (χ0v) is 6.53. The number of nitrogens with two attached hydrogens (primary N) is 1. The van der Waals surface area contributed by atoms with Crippen LogP contribution in [0.25, 0.3) is 0 Å². The maximum atomic E-state index is 5.33. The molecule has 8 heavy (non-hydrogen) atoms. The minimum atomic E-state index is 0. The van der Waals surface area contributed by atoms with Gasteiger partial charge in [-0.2, -0.15) is 0 Å². The van der Waals surface area contributed by atoms with Gasteiger partial charge in [-0.3, -0.25) is 0 Å². The first-order valence-corrected chi connectivity index (χ1v) is 2.55. The number of hydrogen-bond donors (Lipinski definition) is 1. The molecule has 0 fully saturated rings. The van der Waals surface area contributed by atoms with Gasteiger partial charge in [0, 0.05) is 12.6 Å². The molecule has 0 radical (unpaired) electrons. The van der Waals surface area contributed by atoms with E-state index in [1.54, 1.807) is 0 Å². The molecular formula is C5H15ClN2. The first-order chi connectivity index (χ1) is 3.18. The van der Waals surface area contributed by atoms with Crippen molar-refractivity contribution < 1.29 is 0 Å². The lowest BCUT2D eigenvalue weighted by atomic mass is 10.3. The molecule has 0 heterocycles. The fourth-order valence-electron chi connectivity index (χ4n) is 0.211. The van der Waals surface area contributed by atoms with Gasteiger partial charge in [0.1, 0.15) is 0 Å². The highest BCUT2D eigenvalue weighted by molar-refractivity contribution is 5.85. The van der Waals surface area contributed by atoms with Gasteiger partial charge < -0.3 is 10.6 Å². The van der Waals surface area contributed by atoms with Crippen LogP contribution in [-0.4, -0.2) is 31.6 Å². The Morgan fingerprint density at radius 3 is 1.88 bits per heavy atom. The molecule has 0 aromatic rings. The summed E-state index contributed by atoms with van der Waals surface area (Å²) in [5, 5.41) is 0. The smallest absolute Gasteiger partial charge is 0.0184 e. The predicted octanol–water partition coefficient (Wildman–Crippen LogP) is 0.317. The average Bonchev–Trinajstić information content (AvgIpc) is 1.65. The van der Waals surface area contributed by atoms with Crippen molar-refractivity contribution in [1.29, 1.82) is 0 Å². The van der Waals surface area contributed by atoms with Crippen LogP contribution in [0.2, 0.25) is 0 Å². The lowest BCUT2D eigenvalue weighted by Crippen LogP contribution is -2.31. The summed E-state index contributed by atoms with van der Waals surface area (Å²) in [6.45, 7) is 2.84. The molecule has 0 aromatic heterocycles. The SMILES string of the molecule is C[C@H](CN)N(C)C.Cl. The molecule has 0 spiro atoms. The molecule has 0 saturated heterocycles. The summed E-state index contributed by atoms with van der Waals surface area (Å²) in [6, 6.07) is 0.514. The largest absolute Gasteiger partial charge is 0.329 e. The lowest BCUT2D eigenvalue weighted by Gasteiger charge is -2.16. The van der Waals surface area contributed by atoms with E-state index in [4.69, 9.17) is 5.73 Å². The maximum Gasteiger partial charge on any atom is 0.0184 e. The van der Waals surface area contributed by atoms with E-state index in [0.717, 1.165) is 6.54 Å². The van der Waals surface area contributed by atoms with Gasteiger partial charge in [-0.25, -0.2) is 0 Å². The Morgan fingerprint density at radius 1 is 1.50 bits per heavy atom. The molecule has 0 aromatic carbocycles. The van der Waals surface area contributed by atoms with Crippen molar-refractivity contribution in [2.24, 2.45) is 5.73 Å². The van der Waals surface area contributed by atoms with E-state index in [1.165, 1.54) is 0 Å². The quantitative estimate of drug-likeness (QED) is 0.596. The fraction of sp³-hybridized carbons (Fsp3) is 1.00. The summed E-state index contributed by atoms with van der Waals surface area (Å²) < 4.78 is 0. The molecule has 0 rings (SSSR count). The second-order valence-electron chi connectivity index (χ2n) is 2.05. The molecule has 2 nitrogen and oxygen atoms in total. The minimum Gasteiger partial charge on any atom is -0.329 e. The first-order valence-electron chi connectivity index (χ1n) is 2.55. The summed E-state index contributed by atoms with van der Waals surface area (Å²) in [6.07, 6.45) is 0. The summed E-state index contributed by atoms with van der Waals surface area (Å²) in [5.74, 6) is 0. The highest BCUT2D eigenvalue weighted by atomic mass is 35.5. The van der Waals surface area contributed by atoms with Crippen LogP contribution in [0.5, 0.6) is 0 Å². The van der Waals surface area contributed by atoms with Crippen LogP contribution in [0.3, 0.4) is 0 Å². The van der Waals surface area contributed by atoms with Gasteiger partial charge in [-0.1, -0.05) is 0 Å². The van der Waals surface area contributed by atoms with E-state index < -0.39 is 0 Å². The molecule has 2 N–H and O–H groups in total. The van der Waals surface area contributed by atoms with E-state index in [2.05, 4.69) is 11.8 Å². The average molecular weight is 139 g/mol. The normalized spacial score (nSPS) is 13.1. The van der Waals surface area contributed by atoms with E-state index in [-0.39, 0.29) is 12.4 Å². The third-order valence-electron chi connectivity index (χ3n) is 1.22. The number of hydrogen-bond acceptors (Lipinski definition) is 2. The Balaban J connectivity index is 0. The van der Waals surface area contributed by atoms with Crippen molar-refractivity contribution in [2.45, 2.75) is 13.0 Å². The number of nitrogens with zero attached hydrogens (tertiary/aromatic N) is 1. The molecule has 52 valence electrons. The summed E-state index contributed by atoms with van der Waals surface area (Å²) >= 11 is 0. The summed E-state index contributed by atoms with van der Waals surface area (Å²) in [5.41, 5.74) is 5.33. The Morgan fingerprint density at radius 2 is 1.88 bits per heavy atom. The monoisotopic (exact) mass is 138 g/mol. The lowest BCUT2D eigenvalue weighted by molar-refractivity contribution is 0.320. The molecule has 0 amide bonds. The Bertz CT molecular complexity index is 47.7. The standard InChI is InChI=1S/C5H14N2.ClH/c1-5(4-6)7(2)3;/h5H,4,6H2,1-3H3;1H/t5-;/m1./s1. The van der Waals surface area contributed by atoms with Crippen molar-refractivity contribution >= 4 is 12.4 Å². The molecule has 1 atom stereocenters. The number of likely N-dealkylation sites (N-methyl/N-ethyl adjacent to an activating group) is 1. The first kappa shape index (κ1) is 11.1. The molecule has 0 bridgehead atoms. The Kier molecular flexibility index (Phi) is 7.40. The number of rotatable bonds is 2. The van der Waals surface area contributed by atoms with Crippen molar-refractivity contribution in [3.63, 3.8) is 0 Å². The topological polar surface area (TPSA) is 29.3 Å². The van der Waals surface area contributed by atoms with E-state index in [1.807, 2.05) is 14.1 Å². The summed E-state index contributed by atoms with van der Waals surface area (Å²) in [4.78, 5) is 2.10. The predicted molar refractivity (Wildman–Crippen MR) is 39.5 cm³/mol. The molecule has 0 aliphatic heterocycles. The van der Waals surface area contributed by atoms with Gasteiger partial charge in [-0.15, -0.1) is 12.4 Å². The van der Waals surface area contributed by atoms with E-state index in [0.29, 0.717) is 6.04 Å². The van der Waals surface area contributed by atoms with Crippen LogP contribution in [0.15, 0.2) is 0 Å². The third kappa shape index (κ3) is 4.37. The fourth-order valence-corrected chi connectivity index (χ4v) is 0.211. The van der Waals surface area contributed by atoms with Crippen LogP contribution in [0.1, 0.15) is 6.92 Å². The molecule has 3 heteroatoms. The van der Waals surface area contributed by atoms with Crippen LogP contribution in [-0.2, 0) is 0 Å². The van der Waals surface area contributed by atoms with E-state index in [9.17, 15) is 0 Å². The second-order valence-corrected chi connectivity index (χ2v) is 2.05. The van der Waals surface area contributed by atoms with Gasteiger partial charge in [0.05, 0.1) is 0 Å². The van der Waals surface area contributed by atoms with Crippen LogP contribution < -0.4 is 5.73 Å². The van der Waals surface area contributed by atoms with Crippen molar-refractivity contribution in [1.82, 2.24) is 4.90 Å². The molecule has 0 saturated carbocycles. The second kappa shape index (κ2) is 5.35. The van der Waals surface area contributed by atoms with Gasteiger partial charge in [0.15, 0.2) is 0 Å². The summed E-state index contributed by atoms with van der Waals surface area (Å²) in [7, 11) is 4.05. The van der Waals surface area contributed by atoms with Gasteiger partial charge in [0.25, 0.3) is 0 Å². The van der Waals surface area contributed by atoms with Gasteiger partial charge in [0.2, 0.25) is 0 Å². The Hall–Kier alpha value is 0.210. The molecular weight excluding hydrogens is 124 g/mol. The maximum absolute atomic E-state index is 5.33. The zero-order valence-electron chi connectivity index (χ0n) is 5.72. The number of halogens is 1. The van der Waals surface area contributed by atoms with Crippen LogP contribution >= 0.6 is 12.4 Å². The Labute approximate surface area is 57.5 Å². The van der Waals surface area contributed by atoms with Crippen LogP contribution in [0, 0.1) is 0 Å².